The summed E-state index contributed by atoms with van der Waals surface area (Å²) in [7, 11) is 0. The van der Waals surface area contributed by atoms with E-state index in [1.807, 2.05) is 0 Å². The van der Waals surface area contributed by atoms with Gasteiger partial charge in [-0.15, -0.1) is 11.8 Å². The highest BCUT2D eigenvalue weighted by molar-refractivity contribution is 8.01. The molecule has 1 fully saturated rings. The van der Waals surface area contributed by atoms with Crippen LogP contribution in [0, 0.1) is 5.92 Å². The van der Waals surface area contributed by atoms with Gasteiger partial charge >= 0.3 is 0 Å². The van der Waals surface area contributed by atoms with Gasteiger partial charge in [-0.1, -0.05) is 0 Å². The summed E-state index contributed by atoms with van der Waals surface area (Å²) in [4.78, 5) is 61.6. The number of imidazole rings is 1. The highest BCUT2D eigenvalue weighted by Crippen LogP contribution is 2.25. The average molecular weight is 292 g/mol. The van der Waals surface area contributed by atoms with Crippen molar-refractivity contribution in [2.24, 2.45) is 5.92 Å². The van der Waals surface area contributed by atoms with Gasteiger partial charge in [0, 0.05) is 18.1 Å². The fourth-order valence-electron chi connectivity index (χ4n) is 1.79. The molecule has 0 spiro atoms. The zero-order valence-electron chi connectivity index (χ0n) is 10.2. The van der Waals surface area contributed by atoms with Gasteiger partial charge in [0.2, 0.25) is 11.6 Å². The van der Waals surface area contributed by atoms with Gasteiger partial charge in [0.15, 0.2) is 0 Å². The monoisotopic (exact) mass is 292 g/mol. The van der Waals surface area contributed by atoms with Gasteiger partial charge in [-0.3, -0.25) is 24.0 Å². The molecule has 0 aliphatic heterocycles. The van der Waals surface area contributed by atoms with E-state index in [4.69, 9.17) is 0 Å². The van der Waals surface area contributed by atoms with Crippen LogP contribution in [0.4, 0.5) is 0 Å². The third-order valence-electron chi connectivity index (χ3n) is 2.72. The Kier molecular flexibility index (Phi) is 3.75. The highest BCUT2D eigenvalue weighted by atomic mass is 32.2. The maximum absolute atomic E-state index is 11.9. The minimum absolute atomic E-state index is 0.124. The molecule has 7 nitrogen and oxygen atoms in total. The lowest BCUT2D eigenvalue weighted by atomic mass is 9.82. The van der Waals surface area contributed by atoms with Crippen LogP contribution >= 0.6 is 11.8 Å². The second-order valence-corrected chi connectivity index (χ2v) is 4.60. The van der Waals surface area contributed by atoms with Gasteiger partial charge in [-0.05, 0) is 11.7 Å². The Morgan fingerprint density at radius 2 is 1.75 bits per heavy atom. The molecule has 1 heterocycles. The van der Waals surface area contributed by atoms with E-state index in [2.05, 4.69) is 4.98 Å². The standard InChI is InChI=1S/C12H8N2O5S/c1-20-4-6(14-3-2-13-5-14)7-8(15)10(17)12(19)11(18)9(7)16/h2-5,7H,1H3/b6-4-. The molecule has 1 aromatic heterocycles. The Bertz CT molecular complexity index is 629. The summed E-state index contributed by atoms with van der Waals surface area (Å²) in [5.74, 6) is -8.43. The average Bonchev–Trinajstić information content (AvgIpc) is 2.96. The molecule has 1 saturated carbocycles. The molecule has 0 unspecified atom stereocenters. The van der Waals surface area contributed by atoms with E-state index >= 15 is 0 Å². The number of thioether (sulfide) groups is 1. The third-order valence-corrected chi connectivity index (χ3v) is 3.20. The van der Waals surface area contributed by atoms with Gasteiger partial charge in [0.05, 0.1) is 6.33 Å². The largest absolute Gasteiger partial charge is 0.308 e. The molecular weight excluding hydrogens is 284 g/mol. The molecule has 2 rings (SSSR count). The molecular formula is C12H8N2O5S. The van der Waals surface area contributed by atoms with Crippen molar-refractivity contribution >= 4 is 46.4 Å². The number of nitrogens with zero attached hydrogens (tertiary/aromatic N) is 2. The smallest absolute Gasteiger partial charge is 0.280 e. The molecule has 0 atom stereocenters. The van der Waals surface area contributed by atoms with Gasteiger partial charge in [0.25, 0.3) is 17.3 Å². The number of carbonyl (C=O) groups excluding carboxylic acids is 5. The number of ketones is 5. The second-order valence-electron chi connectivity index (χ2n) is 3.90. The Morgan fingerprint density at radius 3 is 2.20 bits per heavy atom. The van der Waals surface area contributed by atoms with Gasteiger partial charge in [-0.25, -0.2) is 4.98 Å². The molecule has 0 bridgehead atoms. The van der Waals surface area contributed by atoms with Crippen molar-refractivity contribution in [1.29, 1.82) is 0 Å². The van der Waals surface area contributed by atoms with Gasteiger partial charge < -0.3 is 4.57 Å². The Morgan fingerprint density at radius 1 is 1.15 bits per heavy atom. The maximum atomic E-state index is 11.9. The summed E-state index contributed by atoms with van der Waals surface area (Å²) in [6.45, 7) is 0. The van der Waals surface area contributed by atoms with Crippen LogP contribution in [0.2, 0.25) is 0 Å². The van der Waals surface area contributed by atoms with Crippen LogP contribution < -0.4 is 0 Å². The van der Waals surface area contributed by atoms with Crippen molar-refractivity contribution in [3.63, 3.8) is 0 Å². The predicted molar refractivity (Wildman–Crippen MR) is 68.5 cm³/mol. The highest BCUT2D eigenvalue weighted by Gasteiger charge is 2.50. The van der Waals surface area contributed by atoms with Crippen molar-refractivity contribution in [2.45, 2.75) is 0 Å². The fraction of sp³-hybridized carbons (Fsp3) is 0.167. The van der Waals surface area contributed by atoms with Crippen molar-refractivity contribution in [2.75, 3.05) is 6.26 Å². The summed E-state index contributed by atoms with van der Waals surface area (Å²) >= 11 is 1.19. The maximum Gasteiger partial charge on any atom is 0.280 e. The topological polar surface area (TPSA) is 103 Å². The first kappa shape index (κ1) is 14.1. The molecule has 20 heavy (non-hydrogen) atoms. The lowest BCUT2D eigenvalue weighted by molar-refractivity contribution is -0.156. The number of hydrogen-bond donors (Lipinski definition) is 0. The van der Waals surface area contributed by atoms with E-state index in [9.17, 15) is 24.0 Å². The number of carbonyl (C=O) groups is 5. The predicted octanol–water partition coefficient (Wildman–Crippen LogP) is -0.480. The Hall–Kier alpha value is -2.35. The van der Waals surface area contributed by atoms with Crippen LogP contribution in [-0.4, -0.2) is 44.7 Å². The van der Waals surface area contributed by atoms with E-state index in [1.54, 1.807) is 6.26 Å². The Labute approximate surface area is 117 Å². The van der Waals surface area contributed by atoms with Crippen LogP contribution in [0.25, 0.3) is 5.70 Å². The van der Waals surface area contributed by atoms with E-state index in [0.29, 0.717) is 0 Å². The van der Waals surface area contributed by atoms with E-state index < -0.39 is 34.8 Å². The van der Waals surface area contributed by atoms with E-state index in [0.717, 1.165) is 0 Å². The number of rotatable bonds is 3. The number of aromatic nitrogens is 2. The van der Waals surface area contributed by atoms with E-state index in [1.165, 1.54) is 40.5 Å². The first-order chi connectivity index (χ1) is 9.49. The van der Waals surface area contributed by atoms with Crippen LogP contribution in [0.15, 0.2) is 24.1 Å². The minimum atomic E-state index is -1.59. The zero-order valence-corrected chi connectivity index (χ0v) is 11.0. The normalized spacial score (nSPS) is 18.1. The molecule has 0 radical (unpaired) electrons. The van der Waals surface area contributed by atoms with Gasteiger partial charge in [-0.2, -0.15) is 0 Å². The molecule has 1 aliphatic carbocycles. The van der Waals surface area contributed by atoms with E-state index in [-0.39, 0.29) is 5.70 Å². The lowest BCUT2D eigenvalue weighted by Crippen LogP contribution is -2.49. The van der Waals surface area contributed by atoms with Crippen LogP contribution in [0.3, 0.4) is 0 Å². The van der Waals surface area contributed by atoms with Crippen LogP contribution in [-0.2, 0) is 24.0 Å². The zero-order chi connectivity index (χ0) is 14.9. The molecule has 8 heteroatoms. The van der Waals surface area contributed by atoms with Crippen LogP contribution in [0.5, 0.6) is 0 Å². The third kappa shape index (κ3) is 2.14. The van der Waals surface area contributed by atoms with Crippen molar-refractivity contribution in [1.82, 2.24) is 9.55 Å². The molecule has 0 aromatic carbocycles. The fourth-order valence-corrected chi connectivity index (χ4v) is 2.29. The number of allylic oxidation sites excluding steroid dienone is 1. The molecule has 1 aromatic rings. The van der Waals surface area contributed by atoms with Crippen molar-refractivity contribution in [3.8, 4) is 0 Å². The lowest BCUT2D eigenvalue weighted by Gasteiger charge is -2.20. The summed E-state index contributed by atoms with van der Waals surface area (Å²) in [6.07, 6.45) is 5.90. The van der Waals surface area contributed by atoms with Crippen molar-refractivity contribution in [3.05, 3.63) is 24.1 Å². The summed E-state index contributed by atoms with van der Waals surface area (Å²) in [6, 6.07) is 0. The van der Waals surface area contributed by atoms with Crippen molar-refractivity contribution < 1.29 is 24.0 Å². The quantitative estimate of drug-likeness (QED) is 0.547. The Balaban J connectivity index is 2.53. The summed E-state index contributed by atoms with van der Waals surface area (Å²) in [5.41, 5.74) is 0.124. The summed E-state index contributed by atoms with van der Waals surface area (Å²) in [5, 5.41) is 1.46. The van der Waals surface area contributed by atoms with Crippen LogP contribution in [0.1, 0.15) is 0 Å². The molecule has 1 aliphatic rings. The SMILES string of the molecule is CS/C=C(/C1C(=O)C(=O)C(=O)C(=O)C1=O)n1ccnc1. The first-order valence-electron chi connectivity index (χ1n) is 5.41. The second kappa shape index (κ2) is 5.33. The first-order valence-corrected chi connectivity index (χ1v) is 6.70. The minimum Gasteiger partial charge on any atom is -0.308 e. The summed E-state index contributed by atoms with van der Waals surface area (Å²) < 4.78 is 1.35. The molecule has 0 saturated heterocycles. The molecule has 102 valence electrons. The number of hydrogen-bond acceptors (Lipinski definition) is 7. The molecule has 0 amide bonds. The number of Topliss-reactive ketones (excluding diaryl/α,β-unsaturated/α-hetero) is 5. The molecule has 0 N–H and O–H groups in total. The van der Waals surface area contributed by atoms with Gasteiger partial charge in [0.1, 0.15) is 5.92 Å².